The normalized spacial score (nSPS) is 11.6. The minimum absolute atomic E-state index is 0.259. The van der Waals surface area contributed by atoms with Gasteiger partial charge in [-0.3, -0.25) is 0 Å². The predicted octanol–water partition coefficient (Wildman–Crippen LogP) is 1.84. The van der Waals surface area contributed by atoms with Crippen LogP contribution in [0.15, 0.2) is 23.1 Å². The number of anilines is 1. The molecule has 0 radical (unpaired) electrons. The molecule has 3 nitrogen and oxygen atoms in total. The van der Waals surface area contributed by atoms with E-state index in [2.05, 4.69) is 0 Å². The molecule has 5 heteroatoms. The van der Waals surface area contributed by atoms with E-state index in [1.54, 1.807) is 12.1 Å². The van der Waals surface area contributed by atoms with E-state index in [4.69, 9.17) is 17.3 Å². The quantitative estimate of drug-likeness (QED) is 0.653. The number of sulfone groups is 1. The van der Waals surface area contributed by atoms with Gasteiger partial charge in [-0.05, 0) is 30.5 Å². The molecule has 0 aromatic heterocycles. The highest BCUT2D eigenvalue weighted by molar-refractivity contribution is 7.90. The van der Waals surface area contributed by atoms with Crippen molar-refractivity contribution in [2.75, 3.05) is 17.9 Å². The fourth-order valence-corrected chi connectivity index (χ4v) is 2.08. The third-order valence-electron chi connectivity index (χ3n) is 2.13. The summed E-state index contributed by atoms with van der Waals surface area (Å²) in [6.45, 7) is 0. The average Bonchev–Trinajstić information content (AvgIpc) is 2.14. The molecule has 0 saturated carbocycles. The minimum Gasteiger partial charge on any atom is -0.398 e. The largest absolute Gasteiger partial charge is 0.398 e. The van der Waals surface area contributed by atoms with Crippen molar-refractivity contribution in [1.82, 2.24) is 0 Å². The number of hydrogen-bond acceptors (Lipinski definition) is 3. The molecule has 2 N–H and O–H groups in total. The van der Waals surface area contributed by atoms with Gasteiger partial charge in [0, 0.05) is 17.8 Å². The number of halogens is 1. The second-order valence-corrected chi connectivity index (χ2v) is 5.82. The van der Waals surface area contributed by atoms with E-state index in [9.17, 15) is 8.42 Å². The van der Waals surface area contributed by atoms with Crippen molar-refractivity contribution >= 4 is 27.1 Å². The molecule has 0 fully saturated rings. The molecule has 1 aromatic carbocycles. The lowest BCUT2D eigenvalue weighted by Gasteiger charge is -2.06. The van der Waals surface area contributed by atoms with Gasteiger partial charge < -0.3 is 5.73 Å². The van der Waals surface area contributed by atoms with Crippen molar-refractivity contribution in [3.8, 4) is 0 Å². The van der Waals surface area contributed by atoms with Crippen molar-refractivity contribution in [1.29, 1.82) is 0 Å². The van der Waals surface area contributed by atoms with Gasteiger partial charge in [0.05, 0.1) is 4.90 Å². The molecule has 15 heavy (non-hydrogen) atoms. The Morgan fingerprint density at radius 1 is 1.40 bits per heavy atom. The van der Waals surface area contributed by atoms with Crippen molar-refractivity contribution in [2.45, 2.75) is 17.7 Å². The SMILES string of the molecule is CS(=O)(=O)c1ccc(CCCCl)c(N)c1. The summed E-state index contributed by atoms with van der Waals surface area (Å²) in [5.74, 6) is 0.577. The number of alkyl halides is 1. The summed E-state index contributed by atoms with van der Waals surface area (Å²) in [5.41, 5.74) is 7.22. The molecule has 1 rings (SSSR count). The molecule has 0 unspecified atom stereocenters. The van der Waals surface area contributed by atoms with Gasteiger partial charge in [-0.15, -0.1) is 11.6 Å². The van der Waals surface area contributed by atoms with Crippen molar-refractivity contribution in [2.24, 2.45) is 0 Å². The van der Waals surface area contributed by atoms with Crippen LogP contribution in [0.2, 0.25) is 0 Å². The first-order valence-electron chi connectivity index (χ1n) is 4.59. The van der Waals surface area contributed by atoms with Crippen LogP contribution in [-0.4, -0.2) is 20.6 Å². The molecule has 0 aliphatic rings. The van der Waals surface area contributed by atoms with Crippen LogP contribution in [-0.2, 0) is 16.3 Å². The number of nitrogen functional groups attached to an aromatic ring is 1. The van der Waals surface area contributed by atoms with Gasteiger partial charge >= 0.3 is 0 Å². The van der Waals surface area contributed by atoms with E-state index in [-0.39, 0.29) is 4.90 Å². The first-order valence-corrected chi connectivity index (χ1v) is 7.02. The van der Waals surface area contributed by atoms with Crippen molar-refractivity contribution in [3.63, 3.8) is 0 Å². The third kappa shape index (κ3) is 3.39. The van der Waals surface area contributed by atoms with Gasteiger partial charge in [-0.25, -0.2) is 8.42 Å². The number of nitrogens with two attached hydrogens (primary N) is 1. The lowest BCUT2D eigenvalue weighted by molar-refractivity contribution is 0.602. The Balaban J connectivity index is 2.99. The van der Waals surface area contributed by atoms with Gasteiger partial charge in [-0.1, -0.05) is 6.07 Å². The van der Waals surface area contributed by atoms with Crippen LogP contribution in [0.1, 0.15) is 12.0 Å². The molecule has 0 saturated heterocycles. The third-order valence-corrected chi connectivity index (χ3v) is 3.50. The highest BCUT2D eigenvalue weighted by Gasteiger charge is 2.08. The average molecular weight is 248 g/mol. The summed E-state index contributed by atoms with van der Waals surface area (Å²) < 4.78 is 22.5. The van der Waals surface area contributed by atoms with E-state index in [1.807, 2.05) is 0 Å². The number of aryl methyl sites for hydroxylation is 1. The first kappa shape index (κ1) is 12.3. The van der Waals surface area contributed by atoms with Crippen LogP contribution in [0, 0.1) is 0 Å². The molecule has 0 spiro atoms. The second-order valence-electron chi connectivity index (χ2n) is 3.43. The van der Waals surface area contributed by atoms with E-state index < -0.39 is 9.84 Å². The van der Waals surface area contributed by atoms with E-state index in [0.717, 1.165) is 18.4 Å². The Kier molecular flexibility index (Phi) is 3.99. The maximum Gasteiger partial charge on any atom is 0.175 e. The summed E-state index contributed by atoms with van der Waals surface area (Å²) in [4.78, 5) is 0.259. The van der Waals surface area contributed by atoms with Crippen LogP contribution in [0.25, 0.3) is 0 Å². The van der Waals surface area contributed by atoms with Gasteiger partial charge in [0.2, 0.25) is 0 Å². The Morgan fingerprint density at radius 2 is 2.07 bits per heavy atom. The van der Waals surface area contributed by atoms with E-state index in [0.29, 0.717) is 11.6 Å². The number of benzene rings is 1. The summed E-state index contributed by atoms with van der Waals surface area (Å²) in [5, 5.41) is 0. The number of rotatable bonds is 4. The highest BCUT2D eigenvalue weighted by Crippen LogP contribution is 2.19. The molecule has 0 heterocycles. The lowest BCUT2D eigenvalue weighted by atomic mass is 10.1. The van der Waals surface area contributed by atoms with Crippen molar-refractivity contribution < 1.29 is 8.42 Å². The van der Waals surface area contributed by atoms with Gasteiger partial charge in [0.1, 0.15) is 0 Å². The zero-order chi connectivity index (χ0) is 11.5. The van der Waals surface area contributed by atoms with Crippen LogP contribution >= 0.6 is 11.6 Å². The number of hydrogen-bond donors (Lipinski definition) is 1. The van der Waals surface area contributed by atoms with E-state index >= 15 is 0 Å². The zero-order valence-electron chi connectivity index (χ0n) is 8.53. The molecular weight excluding hydrogens is 234 g/mol. The molecule has 0 aliphatic heterocycles. The molecule has 1 aromatic rings. The maximum atomic E-state index is 11.2. The summed E-state index contributed by atoms with van der Waals surface area (Å²) in [6.07, 6.45) is 2.78. The molecule has 0 atom stereocenters. The second kappa shape index (κ2) is 4.86. The Bertz CT molecular complexity index is 443. The van der Waals surface area contributed by atoms with Crippen LogP contribution in [0.3, 0.4) is 0 Å². The monoisotopic (exact) mass is 247 g/mol. The predicted molar refractivity (Wildman–Crippen MR) is 63.0 cm³/mol. The van der Waals surface area contributed by atoms with Crippen molar-refractivity contribution in [3.05, 3.63) is 23.8 Å². The summed E-state index contributed by atoms with van der Waals surface area (Å²) >= 11 is 5.57. The molecule has 84 valence electrons. The van der Waals surface area contributed by atoms with Crippen LogP contribution < -0.4 is 5.73 Å². The smallest absolute Gasteiger partial charge is 0.175 e. The fourth-order valence-electron chi connectivity index (χ4n) is 1.29. The van der Waals surface area contributed by atoms with Crippen LogP contribution in [0.5, 0.6) is 0 Å². The Labute approximate surface area is 95.2 Å². The Hall–Kier alpha value is -0.740. The van der Waals surface area contributed by atoms with Gasteiger partial charge in [0.15, 0.2) is 9.84 Å². The lowest BCUT2D eigenvalue weighted by Crippen LogP contribution is -2.01. The standard InChI is InChI=1S/C10H14ClNO2S/c1-15(13,14)9-5-4-8(3-2-6-11)10(12)7-9/h4-5,7H,2-3,6,12H2,1H3. The maximum absolute atomic E-state index is 11.2. The summed E-state index contributed by atoms with van der Waals surface area (Å²) in [7, 11) is -3.17. The minimum atomic E-state index is -3.17. The zero-order valence-corrected chi connectivity index (χ0v) is 10.1. The molecular formula is C10H14ClNO2S. The summed E-state index contributed by atoms with van der Waals surface area (Å²) in [6, 6.07) is 4.83. The molecule has 0 amide bonds. The van der Waals surface area contributed by atoms with Crippen LogP contribution in [0.4, 0.5) is 5.69 Å². The topological polar surface area (TPSA) is 60.2 Å². The van der Waals surface area contributed by atoms with Gasteiger partial charge in [0.25, 0.3) is 0 Å². The van der Waals surface area contributed by atoms with E-state index in [1.165, 1.54) is 12.3 Å². The highest BCUT2D eigenvalue weighted by atomic mass is 35.5. The van der Waals surface area contributed by atoms with Gasteiger partial charge in [-0.2, -0.15) is 0 Å². The molecule has 0 bridgehead atoms. The Morgan fingerprint density at radius 3 is 2.53 bits per heavy atom. The first-order chi connectivity index (χ1) is 6.95. The fraction of sp³-hybridized carbons (Fsp3) is 0.400. The molecule has 0 aliphatic carbocycles.